The Morgan fingerprint density at radius 1 is 0.923 bits per heavy atom. The number of aromatic nitrogens is 3. The number of rotatable bonds is 4. The molecule has 2 aromatic carbocycles. The Hall–Kier alpha value is -3.60. The van der Waals surface area contributed by atoms with E-state index in [-0.39, 0.29) is 0 Å². The van der Waals surface area contributed by atoms with Gasteiger partial charge in [-0.1, -0.05) is 36.4 Å². The Bertz CT molecular complexity index is 1060. The molecule has 5 nitrogen and oxygen atoms in total. The minimum atomic E-state index is 0.373. The number of pyridine rings is 1. The standard InChI is InChI=1S/C21H16N4O/c1-15-20(17-9-6-12-22-14-17)23-25(19-11-5-10-18(13-19)24-26)21(15)16-7-3-2-4-8-16/h2-14H,1H3. The van der Waals surface area contributed by atoms with Gasteiger partial charge in [0.25, 0.3) is 0 Å². The van der Waals surface area contributed by atoms with Gasteiger partial charge in [-0.25, -0.2) is 4.68 Å². The van der Waals surface area contributed by atoms with Gasteiger partial charge in [0, 0.05) is 29.1 Å². The maximum Gasteiger partial charge on any atom is 0.110 e. The van der Waals surface area contributed by atoms with E-state index in [9.17, 15) is 4.91 Å². The van der Waals surface area contributed by atoms with Crippen LogP contribution in [-0.4, -0.2) is 14.8 Å². The van der Waals surface area contributed by atoms with Gasteiger partial charge < -0.3 is 0 Å². The molecule has 0 bridgehead atoms. The van der Waals surface area contributed by atoms with Crippen LogP contribution in [-0.2, 0) is 0 Å². The van der Waals surface area contributed by atoms with Crippen molar-refractivity contribution in [3.63, 3.8) is 0 Å². The van der Waals surface area contributed by atoms with Crippen LogP contribution >= 0.6 is 0 Å². The van der Waals surface area contributed by atoms with Crippen molar-refractivity contribution in [1.82, 2.24) is 14.8 Å². The van der Waals surface area contributed by atoms with Crippen LogP contribution in [0.1, 0.15) is 5.56 Å². The average molecular weight is 340 g/mol. The quantitative estimate of drug-likeness (QED) is 0.473. The molecule has 2 aromatic heterocycles. The molecule has 0 fully saturated rings. The molecule has 26 heavy (non-hydrogen) atoms. The zero-order chi connectivity index (χ0) is 17.9. The molecule has 4 rings (SSSR count). The molecule has 5 heteroatoms. The zero-order valence-corrected chi connectivity index (χ0v) is 14.2. The molecule has 0 aliphatic carbocycles. The second kappa shape index (κ2) is 6.72. The molecular formula is C21H16N4O. The SMILES string of the molecule is Cc1c(-c2cccnc2)nn(-c2cccc(N=O)c2)c1-c1ccccc1. The molecular weight excluding hydrogens is 324 g/mol. The van der Waals surface area contributed by atoms with E-state index in [1.54, 1.807) is 24.5 Å². The van der Waals surface area contributed by atoms with Gasteiger partial charge in [0.05, 0.1) is 17.1 Å². The normalized spacial score (nSPS) is 10.7. The molecule has 0 radical (unpaired) electrons. The van der Waals surface area contributed by atoms with Gasteiger partial charge in [0.2, 0.25) is 0 Å². The third-order valence-electron chi connectivity index (χ3n) is 4.28. The lowest BCUT2D eigenvalue weighted by Crippen LogP contribution is -1.99. The number of nitrogens with zero attached hydrogens (tertiary/aromatic N) is 4. The van der Waals surface area contributed by atoms with Crippen LogP contribution in [0.25, 0.3) is 28.2 Å². The van der Waals surface area contributed by atoms with Crippen LogP contribution < -0.4 is 0 Å². The van der Waals surface area contributed by atoms with Crippen molar-refractivity contribution in [1.29, 1.82) is 0 Å². The summed E-state index contributed by atoms with van der Waals surface area (Å²) in [6.07, 6.45) is 3.55. The van der Waals surface area contributed by atoms with Crippen LogP contribution in [0.4, 0.5) is 5.69 Å². The zero-order valence-electron chi connectivity index (χ0n) is 14.2. The Morgan fingerprint density at radius 2 is 1.73 bits per heavy atom. The fourth-order valence-corrected chi connectivity index (χ4v) is 3.08. The van der Waals surface area contributed by atoms with Crippen molar-refractivity contribution in [2.24, 2.45) is 5.18 Å². The van der Waals surface area contributed by atoms with Crippen LogP contribution in [0.3, 0.4) is 0 Å². The number of hydrogen-bond acceptors (Lipinski definition) is 4. The topological polar surface area (TPSA) is 60.1 Å². The summed E-state index contributed by atoms with van der Waals surface area (Å²) >= 11 is 0. The smallest absolute Gasteiger partial charge is 0.110 e. The molecule has 0 N–H and O–H groups in total. The molecule has 2 heterocycles. The summed E-state index contributed by atoms with van der Waals surface area (Å²) in [6.45, 7) is 2.05. The highest BCUT2D eigenvalue weighted by Crippen LogP contribution is 2.33. The summed E-state index contributed by atoms with van der Waals surface area (Å²) in [5.41, 5.74) is 6.06. The second-order valence-electron chi connectivity index (χ2n) is 5.95. The van der Waals surface area contributed by atoms with Gasteiger partial charge in [-0.15, -0.1) is 4.91 Å². The molecule has 0 saturated heterocycles. The van der Waals surface area contributed by atoms with Gasteiger partial charge in [0.1, 0.15) is 5.69 Å². The van der Waals surface area contributed by atoms with E-state index in [0.29, 0.717) is 5.69 Å². The number of benzene rings is 2. The minimum Gasteiger partial charge on any atom is -0.264 e. The van der Waals surface area contributed by atoms with E-state index in [4.69, 9.17) is 5.10 Å². The highest BCUT2D eigenvalue weighted by Gasteiger charge is 2.18. The van der Waals surface area contributed by atoms with E-state index < -0.39 is 0 Å². The molecule has 0 aliphatic heterocycles. The Morgan fingerprint density at radius 3 is 2.46 bits per heavy atom. The van der Waals surface area contributed by atoms with Gasteiger partial charge in [-0.3, -0.25) is 4.98 Å². The molecule has 0 unspecified atom stereocenters. The van der Waals surface area contributed by atoms with E-state index >= 15 is 0 Å². The molecule has 0 aliphatic rings. The number of hydrogen-bond donors (Lipinski definition) is 0. The third-order valence-corrected chi connectivity index (χ3v) is 4.28. The second-order valence-corrected chi connectivity index (χ2v) is 5.95. The van der Waals surface area contributed by atoms with Gasteiger partial charge in [0.15, 0.2) is 0 Å². The third kappa shape index (κ3) is 2.80. The Kier molecular flexibility index (Phi) is 4.11. The average Bonchev–Trinajstić information content (AvgIpc) is 3.06. The van der Waals surface area contributed by atoms with E-state index in [1.807, 2.05) is 47.1 Å². The van der Waals surface area contributed by atoms with Crippen molar-refractivity contribution in [2.45, 2.75) is 6.92 Å². The molecule has 0 spiro atoms. The maximum atomic E-state index is 11.0. The first-order valence-electron chi connectivity index (χ1n) is 8.27. The first-order valence-corrected chi connectivity index (χ1v) is 8.27. The maximum absolute atomic E-state index is 11.0. The van der Waals surface area contributed by atoms with E-state index in [0.717, 1.165) is 33.8 Å². The first-order chi connectivity index (χ1) is 12.8. The van der Waals surface area contributed by atoms with Crippen LogP contribution in [0, 0.1) is 11.8 Å². The van der Waals surface area contributed by atoms with Gasteiger partial charge in [-0.2, -0.15) is 5.10 Å². The summed E-state index contributed by atoms with van der Waals surface area (Å²) in [5, 5.41) is 7.88. The van der Waals surface area contributed by atoms with E-state index in [2.05, 4.69) is 29.2 Å². The predicted molar refractivity (Wildman–Crippen MR) is 102 cm³/mol. The lowest BCUT2D eigenvalue weighted by Gasteiger charge is -2.09. The lowest BCUT2D eigenvalue weighted by molar-refractivity contribution is 0.891. The van der Waals surface area contributed by atoms with Crippen LogP contribution in [0.2, 0.25) is 0 Å². The van der Waals surface area contributed by atoms with Crippen molar-refractivity contribution < 1.29 is 0 Å². The molecule has 126 valence electrons. The fourth-order valence-electron chi connectivity index (χ4n) is 3.08. The van der Waals surface area contributed by atoms with Crippen molar-refractivity contribution in [3.8, 4) is 28.2 Å². The Balaban J connectivity index is 1.99. The largest absolute Gasteiger partial charge is 0.264 e. The molecule has 4 aromatic rings. The molecule has 0 amide bonds. The van der Waals surface area contributed by atoms with Crippen LogP contribution in [0.15, 0.2) is 84.3 Å². The summed E-state index contributed by atoms with van der Waals surface area (Å²) < 4.78 is 1.86. The Labute approximate surface area is 150 Å². The summed E-state index contributed by atoms with van der Waals surface area (Å²) in [5.74, 6) is 0. The van der Waals surface area contributed by atoms with E-state index in [1.165, 1.54) is 0 Å². The molecule has 0 saturated carbocycles. The van der Waals surface area contributed by atoms with Gasteiger partial charge in [-0.05, 0) is 42.4 Å². The summed E-state index contributed by atoms with van der Waals surface area (Å²) in [4.78, 5) is 15.2. The van der Waals surface area contributed by atoms with Crippen molar-refractivity contribution in [2.75, 3.05) is 0 Å². The fraction of sp³-hybridized carbons (Fsp3) is 0.0476. The monoisotopic (exact) mass is 340 g/mol. The number of nitroso groups, excluding NO2 is 1. The van der Waals surface area contributed by atoms with Crippen molar-refractivity contribution >= 4 is 5.69 Å². The highest BCUT2D eigenvalue weighted by atomic mass is 16.3. The predicted octanol–water partition coefficient (Wildman–Crippen LogP) is 5.31. The van der Waals surface area contributed by atoms with Gasteiger partial charge >= 0.3 is 0 Å². The lowest BCUT2D eigenvalue weighted by atomic mass is 10.0. The highest BCUT2D eigenvalue weighted by molar-refractivity contribution is 5.75. The first kappa shape index (κ1) is 15.9. The van der Waals surface area contributed by atoms with Crippen LogP contribution in [0.5, 0.6) is 0 Å². The van der Waals surface area contributed by atoms with Crippen molar-refractivity contribution in [3.05, 3.63) is 89.6 Å². The molecule has 0 atom stereocenters. The summed E-state index contributed by atoms with van der Waals surface area (Å²) in [6, 6.07) is 21.1. The summed E-state index contributed by atoms with van der Waals surface area (Å²) in [7, 11) is 0. The minimum absolute atomic E-state index is 0.373.